The summed E-state index contributed by atoms with van der Waals surface area (Å²) < 4.78 is 13.5. The second-order valence-corrected chi connectivity index (χ2v) is 7.36. The van der Waals surface area contributed by atoms with Crippen LogP contribution in [-0.4, -0.2) is 33.8 Å². The molecule has 0 aliphatic heterocycles. The number of hydrogen-bond acceptors (Lipinski definition) is 6. The van der Waals surface area contributed by atoms with Crippen molar-refractivity contribution >= 4 is 24.3 Å². The van der Waals surface area contributed by atoms with E-state index >= 15 is 0 Å². The van der Waals surface area contributed by atoms with E-state index in [0.29, 0.717) is 4.57 Å². The van der Waals surface area contributed by atoms with Gasteiger partial charge in [0, 0.05) is 18.5 Å². The molecule has 0 saturated carbocycles. The highest BCUT2D eigenvalue weighted by Gasteiger charge is 2.30. The first-order chi connectivity index (χ1) is 12.1. The smallest absolute Gasteiger partial charge is 0.323 e. The zero-order chi connectivity index (χ0) is 19.2. The van der Waals surface area contributed by atoms with Gasteiger partial charge in [-0.05, 0) is 13.0 Å². The quantitative estimate of drug-likeness (QED) is 0.253. The van der Waals surface area contributed by atoms with Gasteiger partial charge in [0.15, 0.2) is 0 Å². The fraction of sp³-hybridized carbons (Fsp3) is 0.154. The van der Waals surface area contributed by atoms with Gasteiger partial charge in [0.2, 0.25) is 0 Å². The monoisotopic (exact) mass is 381 g/mol. The van der Waals surface area contributed by atoms with Crippen LogP contribution < -0.4 is 11.1 Å². The van der Waals surface area contributed by atoms with Crippen molar-refractivity contribution < 1.29 is 19.3 Å². The Morgan fingerprint density at radius 3 is 2.58 bits per heavy atom. The SMILES string of the molecule is CC(n1c(=O)c(=O)[nH]c2cc(-n3ccnc3)c([N+](=O)[O-])cc21)P(=O)(O)O. The Balaban J connectivity index is 2.47. The van der Waals surface area contributed by atoms with Crippen molar-refractivity contribution in [3.05, 3.63) is 61.7 Å². The maximum absolute atomic E-state index is 12.2. The van der Waals surface area contributed by atoms with Crippen molar-refractivity contribution in [3.8, 4) is 5.69 Å². The van der Waals surface area contributed by atoms with E-state index in [1.807, 2.05) is 0 Å². The lowest BCUT2D eigenvalue weighted by molar-refractivity contribution is -0.384. The Hall–Kier alpha value is -3.08. The minimum absolute atomic E-state index is 0.00389. The van der Waals surface area contributed by atoms with Gasteiger partial charge < -0.3 is 19.3 Å². The third-order valence-corrected chi connectivity index (χ3v) is 5.06. The lowest BCUT2D eigenvalue weighted by Gasteiger charge is -2.18. The van der Waals surface area contributed by atoms with Gasteiger partial charge >= 0.3 is 18.7 Å². The summed E-state index contributed by atoms with van der Waals surface area (Å²) >= 11 is 0. The highest BCUT2D eigenvalue weighted by atomic mass is 31.2. The predicted molar refractivity (Wildman–Crippen MR) is 89.4 cm³/mol. The summed E-state index contributed by atoms with van der Waals surface area (Å²) in [7, 11) is -4.80. The van der Waals surface area contributed by atoms with Gasteiger partial charge in [0.1, 0.15) is 11.5 Å². The molecule has 2 aromatic heterocycles. The molecule has 3 N–H and O–H groups in total. The molecule has 0 bridgehead atoms. The molecule has 0 fully saturated rings. The van der Waals surface area contributed by atoms with Crippen LogP contribution in [0.2, 0.25) is 0 Å². The number of aromatic amines is 1. The van der Waals surface area contributed by atoms with E-state index < -0.39 is 35.1 Å². The van der Waals surface area contributed by atoms with Gasteiger partial charge in [-0.15, -0.1) is 0 Å². The number of nitro groups is 1. The van der Waals surface area contributed by atoms with Crippen LogP contribution in [0.4, 0.5) is 5.69 Å². The average molecular weight is 381 g/mol. The van der Waals surface area contributed by atoms with Crippen LogP contribution in [-0.2, 0) is 4.57 Å². The van der Waals surface area contributed by atoms with Crippen LogP contribution in [0.15, 0.2) is 40.4 Å². The highest BCUT2D eigenvalue weighted by molar-refractivity contribution is 7.51. The molecule has 26 heavy (non-hydrogen) atoms. The fourth-order valence-corrected chi connectivity index (χ4v) is 3.07. The molecule has 0 amide bonds. The molecule has 1 unspecified atom stereocenters. The molecule has 3 aromatic rings. The van der Waals surface area contributed by atoms with Crippen molar-refractivity contribution in [1.82, 2.24) is 19.1 Å². The molecular weight excluding hydrogens is 369 g/mol. The van der Waals surface area contributed by atoms with E-state index in [4.69, 9.17) is 0 Å². The second kappa shape index (κ2) is 6.02. The summed E-state index contributed by atoms with van der Waals surface area (Å²) in [6.07, 6.45) is 4.15. The number of rotatable bonds is 4. The van der Waals surface area contributed by atoms with Crippen molar-refractivity contribution in [2.75, 3.05) is 0 Å². The minimum atomic E-state index is -4.80. The number of fused-ring (bicyclic) bond motifs is 1. The molecule has 12 nitrogen and oxygen atoms in total. The Morgan fingerprint density at radius 2 is 2.04 bits per heavy atom. The zero-order valence-corrected chi connectivity index (χ0v) is 14.0. The van der Waals surface area contributed by atoms with Crippen LogP contribution in [0.25, 0.3) is 16.7 Å². The molecule has 0 spiro atoms. The number of nitro benzene ring substituents is 1. The van der Waals surface area contributed by atoms with Crippen molar-refractivity contribution in [2.24, 2.45) is 0 Å². The Bertz CT molecular complexity index is 1170. The topological polar surface area (TPSA) is 173 Å². The molecule has 2 heterocycles. The number of benzene rings is 1. The van der Waals surface area contributed by atoms with Crippen molar-refractivity contribution in [1.29, 1.82) is 0 Å². The van der Waals surface area contributed by atoms with Crippen LogP contribution in [0.5, 0.6) is 0 Å². The van der Waals surface area contributed by atoms with E-state index in [1.54, 1.807) is 0 Å². The first-order valence-electron chi connectivity index (χ1n) is 7.11. The number of nitrogens with one attached hydrogen (secondary N) is 1. The van der Waals surface area contributed by atoms with Gasteiger partial charge in [-0.2, -0.15) is 0 Å². The molecular formula is C13H12N5O7P. The maximum Gasteiger partial charge on any atom is 0.347 e. The summed E-state index contributed by atoms with van der Waals surface area (Å²) in [5.74, 6) is -1.68. The second-order valence-electron chi connectivity index (χ2n) is 5.44. The standard InChI is InChI=1S/C13H12N5O7P/c1-7(26(23,24)25)17-9-5-11(18(21)22)10(16-3-2-14-6-16)4-8(9)15-12(19)13(17)20/h2-7H,1H3,(H,15,19)(H2,23,24,25). The van der Waals surface area contributed by atoms with E-state index in [0.717, 1.165) is 13.0 Å². The zero-order valence-electron chi connectivity index (χ0n) is 13.1. The predicted octanol–water partition coefficient (Wildman–Crippen LogP) is 0.480. The van der Waals surface area contributed by atoms with Crippen LogP contribution in [0.1, 0.15) is 12.7 Å². The average Bonchev–Trinajstić information content (AvgIpc) is 3.08. The Kier molecular flexibility index (Phi) is 4.11. The molecule has 136 valence electrons. The summed E-state index contributed by atoms with van der Waals surface area (Å²) in [4.78, 5) is 59.7. The van der Waals surface area contributed by atoms with Crippen molar-refractivity contribution in [2.45, 2.75) is 12.7 Å². The molecule has 1 atom stereocenters. The molecule has 1 aromatic carbocycles. The molecule has 0 aliphatic carbocycles. The summed E-state index contributed by atoms with van der Waals surface area (Å²) in [5, 5.41) is 11.4. The number of H-pyrrole nitrogens is 1. The molecule has 0 saturated heterocycles. The van der Waals surface area contributed by atoms with Crippen molar-refractivity contribution in [3.63, 3.8) is 0 Å². The summed E-state index contributed by atoms with van der Waals surface area (Å²) in [5.41, 5.74) is -2.88. The molecule has 0 aliphatic rings. The Morgan fingerprint density at radius 1 is 1.35 bits per heavy atom. The number of imidazole rings is 1. The van der Waals surface area contributed by atoms with E-state index in [9.17, 15) is 34.1 Å². The van der Waals surface area contributed by atoms with Gasteiger partial charge in [-0.3, -0.25) is 28.8 Å². The van der Waals surface area contributed by atoms with E-state index in [-0.39, 0.29) is 16.7 Å². The normalized spacial score (nSPS) is 13.0. The lowest BCUT2D eigenvalue weighted by atomic mass is 10.2. The first kappa shape index (κ1) is 17.7. The van der Waals surface area contributed by atoms with Gasteiger partial charge in [0.05, 0.1) is 22.3 Å². The number of aromatic nitrogens is 4. The first-order valence-corrected chi connectivity index (χ1v) is 8.80. The van der Waals surface area contributed by atoms with Gasteiger partial charge in [0.25, 0.3) is 5.69 Å². The van der Waals surface area contributed by atoms with E-state index in [1.165, 1.54) is 29.4 Å². The van der Waals surface area contributed by atoms with Crippen LogP contribution in [0.3, 0.4) is 0 Å². The molecule has 3 rings (SSSR count). The number of hydrogen-bond donors (Lipinski definition) is 3. The van der Waals surface area contributed by atoms with Gasteiger partial charge in [-0.1, -0.05) is 0 Å². The minimum Gasteiger partial charge on any atom is -0.323 e. The highest BCUT2D eigenvalue weighted by Crippen LogP contribution is 2.48. The molecule has 0 radical (unpaired) electrons. The van der Waals surface area contributed by atoms with E-state index in [2.05, 4.69) is 9.97 Å². The van der Waals surface area contributed by atoms with Crippen LogP contribution in [0, 0.1) is 10.1 Å². The maximum atomic E-state index is 12.2. The summed E-state index contributed by atoms with van der Waals surface area (Å²) in [6.45, 7) is 1.05. The van der Waals surface area contributed by atoms with Crippen LogP contribution >= 0.6 is 7.60 Å². The number of nitrogens with zero attached hydrogens (tertiary/aromatic N) is 4. The molecule has 13 heteroatoms. The third-order valence-electron chi connectivity index (χ3n) is 3.85. The third kappa shape index (κ3) is 2.86. The lowest BCUT2D eigenvalue weighted by Crippen LogP contribution is -2.37. The fourth-order valence-electron chi connectivity index (χ4n) is 2.54. The largest absolute Gasteiger partial charge is 0.347 e. The summed E-state index contributed by atoms with van der Waals surface area (Å²) in [6, 6.07) is 2.22. The Labute approximate surface area is 143 Å². The van der Waals surface area contributed by atoms with Gasteiger partial charge in [-0.25, -0.2) is 4.98 Å².